The third-order valence-corrected chi connectivity index (χ3v) is 4.08. The maximum absolute atomic E-state index is 3.57. The van der Waals surface area contributed by atoms with Crippen molar-refractivity contribution in [2.75, 3.05) is 7.05 Å². The van der Waals surface area contributed by atoms with Gasteiger partial charge < -0.3 is 5.32 Å². The second-order valence-corrected chi connectivity index (χ2v) is 5.11. The van der Waals surface area contributed by atoms with Gasteiger partial charge in [0.2, 0.25) is 0 Å². The molecule has 0 spiro atoms. The number of allylic oxidation sites excluding steroid dienone is 4. The van der Waals surface area contributed by atoms with Gasteiger partial charge in [0, 0.05) is 5.57 Å². The van der Waals surface area contributed by atoms with Gasteiger partial charge in [-0.3, -0.25) is 0 Å². The van der Waals surface area contributed by atoms with Gasteiger partial charge in [-0.15, -0.1) is 5.73 Å². The first-order chi connectivity index (χ1) is 9.88. The minimum Gasteiger partial charge on any atom is -0.303 e. The Morgan fingerprint density at radius 3 is 2.60 bits per heavy atom. The lowest BCUT2D eigenvalue weighted by Crippen LogP contribution is -2.43. The quantitative estimate of drug-likeness (QED) is 0.807. The Labute approximate surface area is 120 Å². The van der Waals surface area contributed by atoms with Crippen molar-refractivity contribution in [3.63, 3.8) is 0 Å². The van der Waals surface area contributed by atoms with Gasteiger partial charge in [-0.25, -0.2) is 0 Å². The minimum atomic E-state index is -0.268. The largest absolute Gasteiger partial charge is 0.303 e. The van der Waals surface area contributed by atoms with Crippen LogP contribution in [0.5, 0.6) is 0 Å². The van der Waals surface area contributed by atoms with Crippen molar-refractivity contribution in [1.82, 2.24) is 5.32 Å². The molecule has 0 radical (unpaired) electrons. The average molecular weight is 261 g/mol. The molecule has 2 aliphatic rings. The fourth-order valence-corrected chi connectivity index (χ4v) is 3.12. The summed E-state index contributed by atoms with van der Waals surface area (Å²) < 4.78 is 0. The maximum Gasteiger partial charge on any atom is 0.0980 e. The van der Waals surface area contributed by atoms with Crippen molar-refractivity contribution >= 4 is 0 Å². The predicted molar refractivity (Wildman–Crippen MR) is 84.4 cm³/mol. The highest BCUT2D eigenvalue weighted by molar-refractivity contribution is 5.53. The van der Waals surface area contributed by atoms with Crippen molar-refractivity contribution in [2.24, 2.45) is 0 Å². The fraction of sp³-hybridized carbons (Fsp3) is 0.211. The topological polar surface area (TPSA) is 12.0 Å². The van der Waals surface area contributed by atoms with Crippen LogP contribution in [0.4, 0.5) is 0 Å². The summed E-state index contributed by atoms with van der Waals surface area (Å²) in [5, 5.41) is 3.57. The molecular weight excluding hydrogens is 242 g/mol. The molecule has 0 saturated carbocycles. The summed E-state index contributed by atoms with van der Waals surface area (Å²) in [6.07, 6.45) is 15.0. The van der Waals surface area contributed by atoms with Crippen molar-refractivity contribution < 1.29 is 0 Å². The van der Waals surface area contributed by atoms with Crippen LogP contribution in [0.3, 0.4) is 0 Å². The van der Waals surface area contributed by atoms with E-state index in [-0.39, 0.29) is 5.54 Å². The monoisotopic (exact) mass is 261 g/mol. The molecule has 0 heterocycles. The van der Waals surface area contributed by atoms with E-state index in [1.165, 1.54) is 16.7 Å². The van der Waals surface area contributed by atoms with Crippen LogP contribution < -0.4 is 5.32 Å². The smallest absolute Gasteiger partial charge is 0.0980 e. The summed E-state index contributed by atoms with van der Waals surface area (Å²) in [6.45, 7) is 0. The van der Waals surface area contributed by atoms with Crippen LogP contribution in [0.2, 0.25) is 0 Å². The van der Waals surface area contributed by atoms with Crippen LogP contribution in [-0.4, -0.2) is 7.05 Å². The molecule has 0 aliphatic heterocycles. The van der Waals surface area contributed by atoms with E-state index in [0.29, 0.717) is 0 Å². The number of likely N-dealkylation sites (N-methyl/N-ethyl adjacent to an activating group) is 1. The highest BCUT2D eigenvalue weighted by Crippen LogP contribution is 2.40. The van der Waals surface area contributed by atoms with Gasteiger partial charge in [-0.1, -0.05) is 54.6 Å². The molecule has 2 aliphatic carbocycles. The zero-order valence-electron chi connectivity index (χ0n) is 11.8. The average Bonchev–Trinajstić information content (AvgIpc) is 3.06. The lowest BCUT2D eigenvalue weighted by atomic mass is 9.74. The normalized spacial score (nSPS) is 19.6. The molecule has 1 unspecified atom stereocenters. The summed E-state index contributed by atoms with van der Waals surface area (Å²) in [4.78, 5) is 0. The van der Waals surface area contributed by atoms with E-state index in [2.05, 4.69) is 71.8 Å². The van der Waals surface area contributed by atoms with Crippen LogP contribution in [0.25, 0.3) is 0 Å². The molecule has 0 amide bonds. The molecule has 100 valence electrons. The first-order valence-electron chi connectivity index (χ1n) is 7.12. The summed E-state index contributed by atoms with van der Waals surface area (Å²) in [5.41, 5.74) is 6.99. The van der Waals surface area contributed by atoms with Gasteiger partial charge in [0.05, 0.1) is 5.54 Å². The Morgan fingerprint density at radius 2 is 2.00 bits per heavy atom. The highest BCUT2D eigenvalue weighted by atomic mass is 14.9. The van der Waals surface area contributed by atoms with Gasteiger partial charge in [0.15, 0.2) is 0 Å². The lowest BCUT2D eigenvalue weighted by molar-refractivity contribution is 0.494. The van der Waals surface area contributed by atoms with Crippen LogP contribution in [0.15, 0.2) is 83.7 Å². The SMILES string of the molecule is CNC(C1=C=CC=C1)(C1=CC=CCC1)c1ccccc1. The van der Waals surface area contributed by atoms with E-state index in [1.54, 1.807) is 0 Å². The zero-order valence-corrected chi connectivity index (χ0v) is 11.8. The van der Waals surface area contributed by atoms with Gasteiger partial charge in [0.1, 0.15) is 0 Å². The van der Waals surface area contributed by atoms with E-state index in [0.717, 1.165) is 12.8 Å². The van der Waals surface area contributed by atoms with Gasteiger partial charge in [0.25, 0.3) is 0 Å². The standard InChI is InChI=1S/C19H19N/c1-20-19(18-14-8-9-15-18,16-10-4-2-5-11-16)17-12-6-3-7-13-17/h2-6,8-12,14,20H,7,13H2,1H3. The Balaban J connectivity index is 2.21. The third kappa shape index (κ3) is 2.02. The molecule has 0 aromatic heterocycles. The summed E-state index contributed by atoms with van der Waals surface area (Å²) in [5.74, 6) is 0. The second-order valence-electron chi connectivity index (χ2n) is 5.11. The van der Waals surface area contributed by atoms with Crippen LogP contribution >= 0.6 is 0 Å². The number of hydrogen-bond donors (Lipinski definition) is 1. The van der Waals surface area contributed by atoms with Gasteiger partial charge >= 0.3 is 0 Å². The molecule has 0 bridgehead atoms. The molecule has 0 fully saturated rings. The van der Waals surface area contributed by atoms with Crippen molar-refractivity contribution in [3.05, 3.63) is 89.2 Å². The second kappa shape index (κ2) is 5.50. The Morgan fingerprint density at radius 1 is 1.15 bits per heavy atom. The molecule has 1 aromatic rings. The number of hydrogen-bond acceptors (Lipinski definition) is 1. The van der Waals surface area contributed by atoms with Crippen molar-refractivity contribution in [3.8, 4) is 0 Å². The highest BCUT2D eigenvalue weighted by Gasteiger charge is 2.37. The summed E-state index contributed by atoms with van der Waals surface area (Å²) in [6, 6.07) is 10.6. The van der Waals surface area contributed by atoms with Crippen molar-refractivity contribution in [2.45, 2.75) is 18.4 Å². The molecule has 0 saturated heterocycles. The molecule has 20 heavy (non-hydrogen) atoms. The Hall–Kier alpha value is -2.08. The van der Waals surface area contributed by atoms with Crippen molar-refractivity contribution in [1.29, 1.82) is 0 Å². The lowest BCUT2D eigenvalue weighted by Gasteiger charge is -2.37. The van der Waals surface area contributed by atoms with Gasteiger partial charge in [-0.05, 0) is 43.2 Å². The zero-order chi connectivity index (χ0) is 13.8. The molecule has 1 aromatic carbocycles. The fourth-order valence-electron chi connectivity index (χ4n) is 3.12. The number of benzene rings is 1. The predicted octanol–water partition coefficient (Wildman–Crippen LogP) is 4.03. The third-order valence-electron chi connectivity index (χ3n) is 4.08. The Kier molecular flexibility index (Phi) is 3.56. The first kappa shape index (κ1) is 12.9. The number of rotatable bonds is 4. The van der Waals surface area contributed by atoms with E-state index in [4.69, 9.17) is 0 Å². The first-order valence-corrected chi connectivity index (χ1v) is 7.12. The van der Waals surface area contributed by atoms with Crippen LogP contribution in [0, 0.1) is 0 Å². The Bertz CT molecular complexity index is 640. The molecule has 3 rings (SSSR count). The van der Waals surface area contributed by atoms with E-state index in [1.807, 2.05) is 13.1 Å². The molecule has 1 N–H and O–H groups in total. The minimum absolute atomic E-state index is 0.268. The summed E-state index contributed by atoms with van der Waals surface area (Å²) in [7, 11) is 2.03. The van der Waals surface area contributed by atoms with E-state index >= 15 is 0 Å². The number of nitrogens with one attached hydrogen (secondary N) is 1. The van der Waals surface area contributed by atoms with E-state index in [9.17, 15) is 0 Å². The molecule has 1 nitrogen and oxygen atoms in total. The van der Waals surface area contributed by atoms with Crippen LogP contribution in [0.1, 0.15) is 18.4 Å². The van der Waals surface area contributed by atoms with Crippen LogP contribution in [-0.2, 0) is 5.54 Å². The molecule has 1 heteroatoms. The summed E-state index contributed by atoms with van der Waals surface area (Å²) >= 11 is 0. The van der Waals surface area contributed by atoms with Gasteiger partial charge in [-0.2, -0.15) is 0 Å². The molecule has 1 atom stereocenters. The maximum atomic E-state index is 3.57. The van der Waals surface area contributed by atoms with E-state index < -0.39 is 0 Å². The molecular formula is C19H19N.